The molecule has 3 aromatic carbocycles. The smallest absolute Gasteiger partial charge is 0.369 e. The lowest BCUT2D eigenvalue weighted by atomic mass is 9.75. The number of rotatable bonds is 11. The van der Waals surface area contributed by atoms with Crippen LogP contribution in [0.5, 0.6) is 0 Å². The zero-order chi connectivity index (χ0) is 39.0. The highest BCUT2D eigenvalue weighted by molar-refractivity contribution is 6.08. The van der Waals surface area contributed by atoms with Crippen LogP contribution in [0.1, 0.15) is 72.8 Å². The van der Waals surface area contributed by atoms with E-state index in [1.54, 1.807) is 12.1 Å². The Morgan fingerprint density at radius 3 is 2.19 bits per heavy atom. The standard InChI is InChI=1S/C40H43F6N5O2/c1-24(2)20-25(3)39(30-13-15-31(41)16-14-30)36(53)51(37(47)48-39)34(21-28-10-8-7-9-11-28)29-12-17-33(38(6,42)43)32(22-29)35(52)49-18-19-50(26(4)23-49)27(5)40(44,45)46/h7-17,22,24-25,34H,4-5,18-21,23H2,1-3,6H3,(H2,47,48)/t25?,34?,39-/m1/s1. The van der Waals surface area contributed by atoms with E-state index in [0.717, 1.165) is 21.4 Å². The third-order valence-corrected chi connectivity index (χ3v) is 9.91. The van der Waals surface area contributed by atoms with Gasteiger partial charge in [-0.15, -0.1) is 0 Å². The molecular formula is C40H43F6N5O2. The molecule has 3 atom stereocenters. The summed E-state index contributed by atoms with van der Waals surface area (Å²) in [6.07, 6.45) is -4.02. The lowest BCUT2D eigenvalue weighted by molar-refractivity contribution is -0.135. The first-order valence-electron chi connectivity index (χ1n) is 17.3. The topological polar surface area (TPSA) is 82.2 Å². The van der Waals surface area contributed by atoms with Crippen molar-refractivity contribution in [3.8, 4) is 0 Å². The summed E-state index contributed by atoms with van der Waals surface area (Å²) in [4.78, 5) is 37.2. The first-order valence-corrected chi connectivity index (χ1v) is 17.3. The van der Waals surface area contributed by atoms with Crippen molar-refractivity contribution in [3.05, 3.63) is 131 Å². The van der Waals surface area contributed by atoms with E-state index < -0.39 is 58.5 Å². The van der Waals surface area contributed by atoms with Crippen molar-refractivity contribution in [2.24, 2.45) is 22.6 Å². The minimum Gasteiger partial charge on any atom is -0.369 e. The van der Waals surface area contributed by atoms with Gasteiger partial charge in [0.1, 0.15) is 11.5 Å². The molecule has 2 aliphatic heterocycles. The summed E-state index contributed by atoms with van der Waals surface area (Å²) in [5.41, 5.74) is 4.42. The Hall–Kier alpha value is -5.07. The predicted octanol–water partition coefficient (Wildman–Crippen LogP) is 8.30. The molecule has 0 saturated carbocycles. The van der Waals surface area contributed by atoms with Crippen LogP contribution in [0.25, 0.3) is 0 Å². The molecule has 0 radical (unpaired) electrons. The molecule has 2 N–H and O–H groups in total. The average molecular weight is 740 g/mol. The van der Waals surface area contributed by atoms with E-state index in [0.29, 0.717) is 24.5 Å². The number of carbonyl (C=O) groups is 2. The Labute approximate surface area is 305 Å². The minimum atomic E-state index is -4.73. The molecule has 2 amide bonds. The maximum atomic E-state index is 15.2. The number of benzene rings is 3. The molecule has 2 unspecified atom stereocenters. The van der Waals surface area contributed by atoms with Crippen molar-refractivity contribution >= 4 is 17.8 Å². The third kappa shape index (κ3) is 7.84. The summed E-state index contributed by atoms with van der Waals surface area (Å²) in [6.45, 7) is 12.5. The van der Waals surface area contributed by atoms with E-state index >= 15 is 8.78 Å². The molecular weight excluding hydrogens is 696 g/mol. The maximum Gasteiger partial charge on any atom is 0.430 e. The fraction of sp³-hybridized carbons (Fsp3) is 0.375. The number of nitrogens with two attached hydrogens (primary N) is 1. The van der Waals surface area contributed by atoms with Crippen molar-refractivity contribution in [3.63, 3.8) is 0 Å². The second kappa shape index (κ2) is 14.7. The summed E-state index contributed by atoms with van der Waals surface area (Å²) in [7, 11) is 0. The van der Waals surface area contributed by atoms with Gasteiger partial charge in [-0.05, 0) is 59.6 Å². The van der Waals surface area contributed by atoms with Crippen LogP contribution >= 0.6 is 0 Å². The Morgan fingerprint density at radius 1 is 0.981 bits per heavy atom. The molecule has 0 aromatic heterocycles. The van der Waals surface area contributed by atoms with Crippen LogP contribution in [0, 0.1) is 17.7 Å². The monoisotopic (exact) mass is 739 g/mol. The number of piperazine rings is 1. The minimum absolute atomic E-state index is 0.0749. The molecule has 0 spiro atoms. The molecule has 1 saturated heterocycles. The van der Waals surface area contributed by atoms with Crippen molar-refractivity contribution < 1.29 is 35.9 Å². The largest absolute Gasteiger partial charge is 0.430 e. The van der Waals surface area contributed by atoms with Gasteiger partial charge in [0.25, 0.3) is 17.7 Å². The Kier molecular flexibility index (Phi) is 10.9. The molecule has 3 aromatic rings. The van der Waals surface area contributed by atoms with Gasteiger partial charge in [-0.2, -0.15) is 13.2 Å². The van der Waals surface area contributed by atoms with Gasteiger partial charge in [0.2, 0.25) is 0 Å². The SMILES string of the molecule is C=C1CN(C(=O)c2cc(C(Cc3ccccc3)N3C(=O)[C@](c4ccc(F)cc4)(C(C)CC(C)C)N=C3N)ccc2C(C)(F)F)CCN1C(=C)C(F)(F)F. The predicted molar refractivity (Wildman–Crippen MR) is 191 cm³/mol. The zero-order valence-electron chi connectivity index (χ0n) is 30.1. The summed E-state index contributed by atoms with van der Waals surface area (Å²) < 4.78 is 84.7. The lowest BCUT2D eigenvalue weighted by Gasteiger charge is -2.39. The van der Waals surface area contributed by atoms with Crippen LogP contribution in [0.3, 0.4) is 0 Å². The van der Waals surface area contributed by atoms with Crippen molar-refractivity contribution in [1.29, 1.82) is 0 Å². The summed E-state index contributed by atoms with van der Waals surface area (Å²) in [5, 5.41) is 0. The van der Waals surface area contributed by atoms with Crippen molar-refractivity contribution in [1.82, 2.24) is 14.7 Å². The van der Waals surface area contributed by atoms with Crippen LogP contribution in [0.4, 0.5) is 26.3 Å². The van der Waals surface area contributed by atoms with Crippen LogP contribution in [-0.2, 0) is 22.7 Å². The van der Waals surface area contributed by atoms with E-state index in [1.807, 2.05) is 39.0 Å². The molecule has 282 valence electrons. The Morgan fingerprint density at radius 2 is 1.62 bits per heavy atom. The Balaban J connectivity index is 1.61. The summed E-state index contributed by atoms with van der Waals surface area (Å²) in [6, 6.07) is 17.5. The number of hydrogen-bond acceptors (Lipinski definition) is 5. The molecule has 0 aliphatic carbocycles. The van der Waals surface area contributed by atoms with Crippen LogP contribution in [0.2, 0.25) is 0 Å². The quantitative estimate of drug-likeness (QED) is 0.201. The van der Waals surface area contributed by atoms with E-state index in [2.05, 4.69) is 13.2 Å². The summed E-state index contributed by atoms with van der Waals surface area (Å²) in [5.74, 6) is -5.71. The first-order chi connectivity index (χ1) is 24.7. The number of hydrogen-bond donors (Lipinski definition) is 1. The number of amides is 2. The number of aliphatic imine (C=N–C) groups is 1. The number of guanidine groups is 1. The zero-order valence-corrected chi connectivity index (χ0v) is 30.1. The van der Waals surface area contributed by atoms with E-state index in [1.165, 1.54) is 41.3 Å². The van der Waals surface area contributed by atoms with Gasteiger partial charge in [-0.25, -0.2) is 18.2 Å². The molecule has 5 rings (SSSR count). The van der Waals surface area contributed by atoms with Gasteiger partial charge in [0.15, 0.2) is 11.5 Å². The molecule has 53 heavy (non-hydrogen) atoms. The number of nitrogens with zero attached hydrogens (tertiary/aromatic N) is 4. The number of allylic oxidation sites excluding steroid dienone is 1. The van der Waals surface area contributed by atoms with E-state index in [-0.39, 0.29) is 49.2 Å². The fourth-order valence-corrected chi connectivity index (χ4v) is 7.36. The number of carbonyl (C=O) groups excluding carboxylic acids is 2. The number of halogens is 6. The second-order valence-corrected chi connectivity index (χ2v) is 14.2. The molecule has 2 heterocycles. The van der Waals surface area contributed by atoms with Crippen LogP contribution in [-0.4, -0.2) is 58.3 Å². The highest BCUT2D eigenvalue weighted by atomic mass is 19.4. The molecule has 1 fully saturated rings. The van der Waals surface area contributed by atoms with Crippen LogP contribution < -0.4 is 5.73 Å². The van der Waals surface area contributed by atoms with Gasteiger partial charge in [0, 0.05) is 36.8 Å². The normalized spacial score (nSPS) is 19.5. The first kappa shape index (κ1) is 39.1. The second-order valence-electron chi connectivity index (χ2n) is 14.2. The van der Waals surface area contributed by atoms with Crippen molar-refractivity contribution in [2.45, 2.75) is 64.2 Å². The van der Waals surface area contributed by atoms with Gasteiger partial charge in [0.05, 0.1) is 12.6 Å². The van der Waals surface area contributed by atoms with E-state index in [9.17, 15) is 27.2 Å². The van der Waals surface area contributed by atoms with Crippen molar-refractivity contribution in [2.75, 3.05) is 19.6 Å². The Bertz CT molecular complexity index is 1900. The molecule has 13 heteroatoms. The molecule has 2 aliphatic rings. The highest BCUT2D eigenvalue weighted by Gasteiger charge is 2.54. The van der Waals surface area contributed by atoms with Gasteiger partial charge in [-0.3, -0.25) is 14.5 Å². The number of alkyl halides is 5. The average Bonchev–Trinajstić information content (AvgIpc) is 3.35. The van der Waals surface area contributed by atoms with E-state index in [4.69, 9.17) is 10.7 Å². The third-order valence-electron chi connectivity index (χ3n) is 9.91. The lowest BCUT2D eigenvalue weighted by Crippen LogP contribution is -2.49. The van der Waals surface area contributed by atoms with Gasteiger partial charge < -0.3 is 15.5 Å². The maximum absolute atomic E-state index is 15.2. The van der Waals surface area contributed by atoms with Crippen LogP contribution in [0.15, 0.2) is 102 Å². The highest BCUT2D eigenvalue weighted by Crippen LogP contribution is 2.46. The molecule has 7 nitrogen and oxygen atoms in total. The molecule has 0 bridgehead atoms. The summed E-state index contributed by atoms with van der Waals surface area (Å²) >= 11 is 0. The fourth-order valence-electron chi connectivity index (χ4n) is 7.36. The van der Waals surface area contributed by atoms with Gasteiger partial charge in [-0.1, -0.05) is 88.5 Å². The van der Waals surface area contributed by atoms with Gasteiger partial charge >= 0.3 is 6.18 Å².